The number of amides is 2. The molecule has 2 fully saturated rings. The molecule has 2 aliphatic rings. The van der Waals surface area contributed by atoms with Gasteiger partial charge in [-0.25, -0.2) is 14.6 Å². The van der Waals surface area contributed by atoms with Crippen LogP contribution in [0.5, 0.6) is 0 Å². The number of carbonyl (C=O) groups is 3. The fourth-order valence-electron chi connectivity index (χ4n) is 6.08. The Hall–Kier alpha value is -3.86. The Kier molecular flexibility index (Phi) is 8.08. The van der Waals surface area contributed by atoms with E-state index in [1.165, 1.54) is 6.92 Å². The first-order chi connectivity index (χ1) is 19.6. The quantitative estimate of drug-likeness (QED) is 0.400. The van der Waals surface area contributed by atoms with Crippen LogP contribution in [-0.4, -0.2) is 62.5 Å². The van der Waals surface area contributed by atoms with E-state index < -0.39 is 35.8 Å². The molecule has 0 radical (unpaired) electrons. The number of aromatic carboxylic acids is 1. The van der Waals surface area contributed by atoms with Crippen LogP contribution in [0.4, 0.5) is 4.79 Å². The summed E-state index contributed by atoms with van der Waals surface area (Å²) in [4.78, 5) is 44.7. The normalized spacial score (nSPS) is 18.1. The Labute approximate surface area is 238 Å². The zero-order chi connectivity index (χ0) is 29.3. The molecule has 1 aliphatic heterocycles. The van der Waals surface area contributed by atoms with E-state index in [-0.39, 0.29) is 29.7 Å². The number of nitrogens with zero attached hydrogens (tertiary/aromatic N) is 3. The van der Waals surface area contributed by atoms with E-state index in [0.717, 1.165) is 48.6 Å². The molecule has 41 heavy (non-hydrogen) atoms. The lowest BCUT2D eigenvalue weighted by Crippen LogP contribution is -2.52. The van der Waals surface area contributed by atoms with Crippen LogP contribution >= 0.6 is 0 Å². The van der Waals surface area contributed by atoms with Gasteiger partial charge in [0.25, 0.3) is 5.91 Å². The average Bonchev–Trinajstić information content (AvgIpc) is 3.62. The second-order valence-electron chi connectivity index (χ2n) is 11.4. The summed E-state index contributed by atoms with van der Waals surface area (Å²) >= 11 is 0. The number of oxazole rings is 1. The summed E-state index contributed by atoms with van der Waals surface area (Å²) in [6.45, 7) is 6.01. The molecule has 11 nitrogen and oxygen atoms in total. The van der Waals surface area contributed by atoms with E-state index in [1.54, 1.807) is 4.90 Å². The molecule has 1 aliphatic carbocycles. The van der Waals surface area contributed by atoms with E-state index in [1.807, 2.05) is 55.9 Å². The highest BCUT2D eigenvalue weighted by Gasteiger charge is 2.47. The Morgan fingerprint density at radius 2 is 1.90 bits per heavy atom. The minimum atomic E-state index is -1.22. The van der Waals surface area contributed by atoms with Crippen molar-refractivity contribution in [3.05, 3.63) is 53.4 Å². The summed E-state index contributed by atoms with van der Waals surface area (Å²) in [6, 6.07) is 7.07. The third kappa shape index (κ3) is 5.68. The number of nitrogens with one attached hydrogen (secondary N) is 1. The number of rotatable bonds is 8. The first-order valence-corrected chi connectivity index (χ1v) is 14.3. The fourth-order valence-corrected chi connectivity index (χ4v) is 6.08. The number of ether oxygens (including phenoxy) is 2. The lowest BCUT2D eigenvalue weighted by Gasteiger charge is -2.39. The van der Waals surface area contributed by atoms with Gasteiger partial charge in [-0.1, -0.05) is 38.5 Å². The first-order valence-electron chi connectivity index (χ1n) is 14.3. The third-order valence-corrected chi connectivity index (χ3v) is 8.16. The number of fused-ring (bicyclic) bond motifs is 1. The number of carbonyl (C=O) groups excluding carboxylic acids is 2. The summed E-state index contributed by atoms with van der Waals surface area (Å²) in [5.74, 6) is -1.84. The molecule has 3 heterocycles. The molecule has 0 bridgehead atoms. The predicted octanol–water partition coefficient (Wildman–Crippen LogP) is 4.73. The van der Waals surface area contributed by atoms with Crippen LogP contribution in [0.25, 0.3) is 10.9 Å². The molecule has 5 rings (SSSR count). The van der Waals surface area contributed by atoms with Gasteiger partial charge in [0.05, 0.1) is 13.2 Å². The highest BCUT2D eigenvalue weighted by molar-refractivity contribution is 5.87. The standard InChI is InChI=1S/C30H38N4O7/c1-18(2)25(41-29(38)34-14-15-39-30(34)12-8-5-9-13-30)26(35)31-22(27-32-24(28(36)37)19(3)40-27)16-20-17-33(4)23-11-7-6-10-21(20)23/h6-7,10-11,17-18,22,25H,5,8-9,12-16H2,1-4H3,(H,31,35)(H,36,37). The van der Waals surface area contributed by atoms with E-state index in [2.05, 4.69) is 10.3 Å². The topological polar surface area (TPSA) is 136 Å². The van der Waals surface area contributed by atoms with Crippen molar-refractivity contribution in [2.75, 3.05) is 13.2 Å². The SMILES string of the molecule is Cc1oc(C(Cc2cn(C)c3ccccc23)NC(=O)C(OC(=O)N2CCOC23CCCCC3)C(C)C)nc1C(=O)O. The van der Waals surface area contributed by atoms with Crippen molar-refractivity contribution in [1.29, 1.82) is 0 Å². The summed E-state index contributed by atoms with van der Waals surface area (Å²) in [7, 11) is 1.94. The molecular weight excluding hydrogens is 528 g/mol. The van der Waals surface area contributed by atoms with Crippen LogP contribution in [0, 0.1) is 12.8 Å². The lowest BCUT2D eigenvalue weighted by atomic mass is 9.91. The third-order valence-electron chi connectivity index (χ3n) is 8.16. The van der Waals surface area contributed by atoms with Gasteiger partial charge in [0, 0.05) is 30.6 Å². The molecule has 2 amide bonds. The maximum absolute atomic E-state index is 13.7. The summed E-state index contributed by atoms with van der Waals surface area (Å²) < 4.78 is 19.6. The molecule has 2 unspecified atom stereocenters. The number of aromatic nitrogens is 2. The summed E-state index contributed by atoms with van der Waals surface area (Å²) in [6.07, 6.45) is 5.16. The largest absolute Gasteiger partial charge is 0.476 e. The Balaban J connectivity index is 1.40. The van der Waals surface area contributed by atoms with Gasteiger partial charge in [-0.3, -0.25) is 9.69 Å². The Bertz CT molecular complexity index is 1440. The number of carboxylic acids is 1. The molecular formula is C30H38N4O7. The predicted molar refractivity (Wildman–Crippen MR) is 149 cm³/mol. The molecule has 3 aromatic rings. The smallest absolute Gasteiger partial charge is 0.412 e. The van der Waals surface area contributed by atoms with Crippen LogP contribution in [0.2, 0.25) is 0 Å². The van der Waals surface area contributed by atoms with E-state index in [4.69, 9.17) is 13.9 Å². The number of hydrogen-bond donors (Lipinski definition) is 2. The molecule has 1 spiro atoms. The van der Waals surface area contributed by atoms with Crippen molar-refractivity contribution in [2.24, 2.45) is 13.0 Å². The van der Waals surface area contributed by atoms with Gasteiger partial charge in [0.15, 0.2) is 11.8 Å². The molecule has 1 saturated heterocycles. The zero-order valence-electron chi connectivity index (χ0n) is 24.0. The van der Waals surface area contributed by atoms with Crippen LogP contribution in [0.1, 0.15) is 79.7 Å². The molecule has 2 atom stereocenters. The van der Waals surface area contributed by atoms with Crippen LogP contribution in [0.15, 0.2) is 34.9 Å². The average molecular weight is 567 g/mol. The van der Waals surface area contributed by atoms with Crippen molar-refractivity contribution < 1.29 is 33.4 Å². The van der Waals surface area contributed by atoms with Gasteiger partial charge in [-0.15, -0.1) is 0 Å². The minimum absolute atomic E-state index is 0.0733. The fraction of sp³-hybridized carbons (Fsp3) is 0.533. The second-order valence-corrected chi connectivity index (χ2v) is 11.4. The number of para-hydroxylation sites is 1. The van der Waals surface area contributed by atoms with Crippen LogP contribution in [0.3, 0.4) is 0 Å². The number of aryl methyl sites for hydroxylation is 2. The molecule has 1 aromatic carbocycles. The Morgan fingerprint density at radius 3 is 2.59 bits per heavy atom. The zero-order valence-corrected chi connectivity index (χ0v) is 24.0. The maximum atomic E-state index is 13.7. The van der Waals surface area contributed by atoms with Gasteiger partial charge in [-0.05, 0) is 50.2 Å². The van der Waals surface area contributed by atoms with E-state index in [0.29, 0.717) is 13.2 Å². The monoisotopic (exact) mass is 566 g/mol. The minimum Gasteiger partial charge on any atom is -0.476 e. The molecule has 2 N–H and O–H groups in total. The van der Waals surface area contributed by atoms with Gasteiger partial charge in [0.1, 0.15) is 17.5 Å². The number of carboxylic acid groups (broad SMARTS) is 1. The van der Waals surface area contributed by atoms with Crippen LogP contribution < -0.4 is 5.32 Å². The van der Waals surface area contributed by atoms with Gasteiger partial charge in [0.2, 0.25) is 5.89 Å². The van der Waals surface area contributed by atoms with E-state index >= 15 is 0 Å². The van der Waals surface area contributed by atoms with Crippen molar-refractivity contribution >= 4 is 28.9 Å². The van der Waals surface area contributed by atoms with Gasteiger partial charge >= 0.3 is 12.1 Å². The lowest BCUT2D eigenvalue weighted by molar-refractivity contribution is -0.136. The van der Waals surface area contributed by atoms with Crippen molar-refractivity contribution in [1.82, 2.24) is 19.8 Å². The number of hydrogen-bond acceptors (Lipinski definition) is 7. The second kappa shape index (κ2) is 11.6. The molecule has 2 aromatic heterocycles. The van der Waals surface area contributed by atoms with Crippen molar-refractivity contribution in [3.63, 3.8) is 0 Å². The van der Waals surface area contributed by atoms with Crippen molar-refractivity contribution in [3.8, 4) is 0 Å². The highest BCUT2D eigenvalue weighted by Crippen LogP contribution is 2.38. The Morgan fingerprint density at radius 1 is 1.17 bits per heavy atom. The highest BCUT2D eigenvalue weighted by atomic mass is 16.6. The van der Waals surface area contributed by atoms with E-state index in [9.17, 15) is 19.5 Å². The summed E-state index contributed by atoms with van der Waals surface area (Å²) in [5, 5.41) is 13.5. The maximum Gasteiger partial charge on any atom is 0.412 e. The van der Waals surface area contributed by atoms with Crippen molar-refractivity contribution in [2.45, 2.75) is 77.2 Å². The van der Waals surface area contributed by atoms with Crippen LogP contribution in [-0.2, 0) is 27.7 Å². The molecule has 11 heteroatoms. The number of benzene rings is 1. The molecule has 1 saturated carbocycles. The van der Waals surface area contributed by atoms with Gasteiger partial charge in [-0.2, -0.15) is 0 Å². The van der Waals surface area contributed by atoms with Gasteiger partial charge < -0.3 is 28.9 Å². The summed E-state index contributed by atoms with van der Waals surface area (Å²) in [5.41, 5.74) is 1.07. The first kappa shape index (κ1) is 28.7. The molecule has 220 valence electrons.